The van der Waals surface area contributed by atoms with Gasteiger partial charge in [-0.25, -0.2) is 0 Å². The van der Waals surface area contributed by atoms with Crippen molar-refractivity contribution in [1.82, 2.24) is 20.2 Å². The van der Waals surface area contributed by atoms with Crippen molar-refractivity contribution in [2.75, 3.05) is 0 Å². The second-order valence-corrected chi connectivity index (χ2v) is 6.67. The molecule has 0 spiro atoms. The van der Waals surface area contributed by atoms with Crippen LogP contribution in [-0.4, -0.2) is 31.2 Å². The second-order valence-electron chi connectivity index (χ2n) is 5.36. The van der Waals surface area contributed by atoms with Crippen LogP contribution in [0.2, 0.25) is 0 Å². The van der Waals surface area contributed by atoms with Gasteiger partial charge >= 0.3 is 0 Å². The molecule has 122 valence electrons. The van der Waals surface area contributed by atoms with Crippen LogP contribution in [0, 0.1) is 0 Å². The van der Waals surface area contributed by atoms with Crippen molar-refractivity contribution < 1.29 is 4.79 Å². The van der Waals surface area contributed by atoms with E-state index in [0.717, 1.165) is 12.1 Å². The van der Waals surface area contributed by atoms with E-state index in [1.165, 1.54) is 17.3 Å². The molecule has 24 heavy (non-hydrogen) atoms. The average molecular weight is 338 g/mol. The van der Waals surface area contributed by atoms with Gasteiger partial charge in [0.05, 0.1) is 5.25 Å². The Morgan fingerprint density at radius 1 is 1.21 bits per heavy atom. The maximum atomic E-state index is 12.4. The summed E-state index contributed by atoms with van der Waals surface area (Å²) < 4.78 is 0. The molecule has 1 aromatic carbocycles. The Labute approximate surface area is 144 Å². The van der Waals surface area contributed by atoms with E-state index < -0.39 is 0 Å². The van der Waals surface area contributed by atoms with E-state index in [0.29, 0.717) is 16.5 Å². The number of H-pyrrole nitrogens is 1. The number of nitrogens with zero attached hydrogens (tertiary/aromatic N) is 3. The highest BCUT2D eigenvalue weighted by Crippen LogP contribution is 2.24. The number of benzene rings is 1. The highest BCUT2D eigenvalue weighted by molar-refractivity contribution is 8.00. The largest absolute Gasteiger partial charge is 0.293 e. The van der Waals surface area contributed by atoms with Gasteiger partial charge in [0.15, 0.2) is 11.6 Å². The number of thioether (sulfide) groups is 1. The second kappa shape index (κ2) is 7.40. The predicted molar refractivity (Wildman–Crippen MR) is 95.1 cm³/mol. The third-order valence-corrected chi connectivity index (χ3v) is 4.61. The minimum atomic E-state index is -0.258. The zero-order valence-corrected chi connectivity index (χ0v) is 14.4. The van der Waals surface area contributed by atoms with Crippen LogP contribution in [0.4, 0.5) is 0 Å². The van der Waals surface area contributed by atoms with Gasteiger partial charge in [-0.05, 0) is 25.0 Å². The van der Waals surface area contributed by atoms with Gasteiger partial charge in [-0.15, -0.1) is 5.10 Å². The van der Waals surface area contributed by atoms with E-state index in [4.69, 9.17) is 0 Å². The Hall–Kier alpha value is -2.47. The lowest BCUT2D eigenvalue weighted by molar-refractivity contribution is 0.0994. The van der Waals surface area contributed by atoms with Gasteiger partial charge in [0, 0.05) is 11.8 Å². The number of carbonyl (C=O) groups excluding carboxylic acids is 1. The fourth-order valence-electron chi connectivity index (χ4n) is 2.24. The minimum Gasteiger partial charge on any atom is -0.293 e. The molecule has 6 heteroatoms. The lowest BCUT2D eigenvalue weighted by Crippen LogP contribution is -2.13. The number of hydrogen-bond acceptors (Lipinski definition) is 5. The van der Waals surface area contributed by atoms with E-state index in [9.17, 15) is 4.79 Å². The first-order valence-corrected chi connectivity index (χ1v) is 8.69. The van der Waals surface area contributed by atoms with Gasteiger partial charge < -0.3 is 0 Å². The fraction of sp³-hybridized carbons (Fsp3) is 0.222. The summed E-state index contributed by atoms with van der Waals surface area (Å²) in [6.07, 6.45) is 2.79. The molecule has 0 bridgehead atoms. The fourth-order valence-corrected chi connectivity index (χ4v) is 3.04. The normalized spacial score (nSPS) is 12.1. The molecule has 0 saturated heterocycles. The standard InChI is InChI=1S/C18H18N4OS/c1-3-13-9-10-15(19-11-13)17-20-18(22-21-17)24-12(2)16(23)14-7-5-4-6-8-14/h4-12H,3H2,1-2H3,(H,20,21,22). The molecule has 3 aromatic rings. The summed E-state index contributed by atoms with van der Waals surface area (Å²) in [6.45, 7) is 3.95. The SMILES string of the molecule is CCc1ccc(-c2nc(SC(C)C(=O)c3ccccc3)n[nH]2)nc1. The first kappa shape index (κ1) is 16.4. The number of hydrogen-bond donors (Lipinski definition) is 1. The van der Waals surface area contributed by atoms with E-state index in [1.807, 2.05) is 55.6 Å². The highest BCUT2D eigenvalue weighted by atomic mass is 32.2. The molecule has 0 amide bonds. The molecule has 1 N–H and O–H groups in total. The Bertz CT molecular complexity index is 815. The van der Waals surface area contributed by atoms with Gasteiger partial charge in [-0.3, -0.25) is 14.9 Å². The zero-order valence-electron chi connectivity index (χ0n) is 13.6. The van der Waals surface area contributed by atoms with Crippen LogP contribution in [0.5, 0.6) is 0 Å². The number of ketones is 1. The maximum absolute atomic E-state index is 12.4. The molecular formula is C18H18N4OS. The number of pyridine rings is 1. The van der Waals surface area contributed by atoms with E-state index in [-0.39, 0.29) is 11.0 Å². The molecular weight excluding hydrogens is 320 g/mol. The number of carbonyl (C=O) groups is 1. The smallest absolute Gasteiger partial charge is 0.209 e. The van der Waals surface area contributed by atoms with E-state index in [1.54, 1.807) is 0 Å². The first-order chi connectivity index (χ1) is 11.7. The Balaban J connectivity index is 1.70. The number of aryl methyl sites for hydroxylation is 1. The number of nitrogens with one attached hydrogen (secondary N) is 1. The van der Waals surface area contributed by atoms with Crippen molar-refractivity contribution in [1.29, 1.82) is 0 Å². The zero-order chi connectivity index (χ0) is 16.9. The summed E-state index contributed by atoms with van der Waals surface area (Å²) in [5, 5.41) is 7.36. The summed E-state index contributed by atoms with van der Waals surface area (Å²) in [6, 6.07) is 13.2. The topological polar surface area (TPSA) is 71.5 Å². The molecule has 3 rings (SSSR count). The molecule has 0 radical (unpaired) electrons. The van der Waals surface area contributed by atoms with E-state index >= 15 is 0 Å². The minimum absolute atomic E-state index is 0.0670. The first-order valence-electron chi connectivity index (χ1n) is 7.81. The average Bonchev–Trinajstić information content (AvgIpc) is 3.10. The van der Waals surface area contributed by atoms with Crippen molar-refractivity contribution in [2.24, 2.45) is 0 Å². The lowest BCUT2D eigenvalue weighted by atomic mass is 10.1. The third kappa shape index (κ3) is 3.71. The molecule has 1 atom stereocenters. The summed E-state index contributed by atoms with van der Waals surface area (Å²) >= 11 is 1.34. The van der Waals surface area contributed by atoms with Crippen molar-refractivity contribution in [2.45, 2.75) is 30.7 Å². The summed E-state index contributed by atoms with van der Waals surface area (Å²) in [5.74, 6) is 0.678. The number of rotatable bonds is 6. The molecule has 0 aliphatic carbocycles. The lowest BCUT2D eigenvalue weighted by Gasteiger charge is -2.07. The summed E-state index contributed by atoms with van der Waals surface area (Å²) in [4.78, 5) is 21.2. The van der Waals surface area contributed by atoms with Crippen molar-refractivity contribution in [3.8, 4) is 11.5 Å². The van der Waals surface area contributed by atoms with Gasteiger partial charge in [0.1, 0.15) is 5.69 Å². The molecule has 0 aliphatic heterocycles. The maximum Gasteiger partial charge on any atom is 0.209 e. The van der Waals surface area contributed by atoms with Crippen LogP contribution in [0.15, 0.2) is 53.8 Å². The predicted octanol–water partition coefficient (Wildman–Crippen LogP) is 3.79. The Morgan fingerprint density at radius 3 is 2.67 bits per heavy atom. The molecule has 2 heterocycles. The molecule has 2 aromatic heterocycles. The Morgan fingerprint density at radius 2 is 2.00 bits per heavy atom. The third-order valence-electron chi connectivity index (χ3n) is 3.65. The van der Waals surface area contributed by atoms with Crippen LogP contribution < -0.4 is 0 Å². The molecule has 1 unspecified atom stereocenters. The number of aromatic nitrogens is 4. The summed E-state index contributed by atoms with van der Waals surface area (Å²) in [5.41, 5.74) is 2.62. The van der Waals surface area contributed by atoms with Crippen LogP contribution in [0.1, 0.15) is 29.8 Å². The van der Waals surface area contributed by atoms with Gasteiger partial charge in [-0.2, -0.15) is 4.98 Å². The molecule has 0 fully saturated rings. The molecule has 5 nitrogen and oxygen atoms in total. The van der Waals surface area contributed by atoms with Crippen LogP contribution >= 0.6 is 11.8 Å². The van der Waals surface area contributed by atoms with Crippen LogP contribution in [-0.2, 0) is 6.42 Å². The van der Waals surface area contributed by atoms with Crippen molar-refractivity contribution >= 4 is 17.5 Å². The van der Waals surface area contributed by atoms with Gasteiger partial charge in [0.25, 0.3) is 0 Å². The van der Waals surface area contributed by atoms with Crippen LogP contribution in [0.3, 0.4) is 0 Å². The molecule has 0 saturated carbocycles. The van der Waals surface area contributed by atoms with Crippen LogP contribution in [0.25, 0.3) is 11.5 Å². The monoisotopic (exact) mass is 338 g/mol. The quantitative estimate of drug-likeness (QED) is 0.547. The number of Topliss-reactive ketones (excluding diaryl/α,β-unsaturated/α-hetero) is 1. The Kier molecular flexibility index (Phi) is 5.05. The highest BCUT2D eigenvalue weighted by Gasteiger charge is 2.19. The number of aromatic amines is 1. The molecule has 0 aliphatic rings. The van der Waals surface area contributed by atoms with Gasteiger partial charge in [0.2, 0.25) is 5.16 Å². The van der Waals surface area contributed by atoms with E-state index in [2.05, 4.69) is 27.1 Å². The summed E-state index contributed by atoms with van der Waals surface area (Å²) in [7, 11) is 0. The van der Waals surface area contributed by atoms with Crippen molar-refractivity contribution in [3.63, 3.8) is 0 Å². The van der Waals surface area contributed by atoms with Gasteiger partial charge in [-0.1, -0.05) is 55.1 Å². The van der Waals surface area contributed by atoms with Crippen molar-refractivity contribution in [3.05, 3.63) is 59.8 Å².